The van der Waals surface area contributed by atoms with Crippen LogP contribution in [0.2, 0.25) is 5.02 Å². The van der Waals surface area contributed by atoms with Gasteiger partial charge in [0.05, 0.1) is 5.56 Å². The highest BCUT2D eigenvalue weighted by molar-refractivity contribution is 6.30. The monoisotopic (exact) mass is 257 g/mol. The molecule has 1 aromatic carbocycles. The normalized spacial score (nSPS) is 9.56. The summed E-state index contributed by atoms with van der Waals surface area (Å²) in [6.07, 6.45) is 1.36. The van der Waals surface area contributed by atoms with Gasteiger partial charge in [0.15, 0.2) is 0 Å². The Morgan fingerprint density at radius 1 is 1.33 bits per heavy atom. The average Bonchev–Trinajstić information content (AvgIpc) is 2.39. The van der Waals surface area contributed by atoms with Crippen LogP contribution in [0.5, 0.6) is 0 Å². The van der Waals surface area contributed by atoms with Gasteiger partial charge in [0.1, 0.15) is 11.8 Å². The Morgan fingerprint density at radius 3 is 2.78 bits per heavy atom. The number of amides is 1. The van der Waals surface area contributed by atoms with Gasteiger partial charge in [-0.2, -0.15) is 5.26 Å². The molecule has 0 atom stereocenters. The lowest BCUT2D eigenvalue weighted by atomic mass is 10.2. The molecule has 1 amide bonds. The Kier molecular flexibility index (Phi) is 3.56. The van der Waals surface area contributed by atoms with Gasteiger partial charge in [-0.1, -0.05) is 17.7 Å². The van der Waals surface area contributed by atoms with Crippen LogP contribution >= 0.6 is 11.6 Å². The molecule has 18 heavy (non-hydrogen) atoms. The Morgan fingerprint density at radius 2 is 2.17 bits per heavy atom. The SMILES string of the molecule is N#Cc1ccc(C(=O)Nc2cccc(Cl)c2)cn1. The number of halogens is 1. The maximum Gasteiger partial charge on any atom is 0.257 e. The van der Waals surface area contributed by atoms with Crippen molar-refractivity contribution in [2.24, 2.45) is 0 Å². The predicted octanol–water partition coefficient (Wildman–Crippen LogP) is 2.86. The van der Waals surface area contributed by atoms with E-state index in [4.69, 9.17) is 16.9 Å². The lowest BCUT2D eigenvalue weighted by Gasteiger charge is -2.05. The summed E-state index contributed by atoms with van der Waals surface area (Å²) >= 11 is 5.81. The average molecular weight is 258 g/mol. The first-order valence-electron chi connectivity index (χ1n) is 5.12. The lowest BCUT2D eigenvalue weighted by Crippen LogP contribution is -2.12. The van der Waals surface area contributed by atoms with Crippen LogP contribution in [-0.2, 0) is 0 Å². The van der Waals surface area contributed by atoms with Crippen molar-refractivity contribution < 1.29 is 4.79 Å². The molecule has 0 spiro atoms. The van der Waals surface area contributed by atoms with Gasteiger partial charge in [-0.05, 0) is 30.3 Å². The molecule has 1 N–H and O–H groups in total. The minimum atomic E-state index is -0.297. The Hall–Kier alpha value is -2.38. The third-order valence-corrected chi connectivity index (χ3v) is 2.46. The van der Waals surface area contributed by atoms with Gasteiger partial charge in [0.2, 0.25) is 0 Å². The number of benzene rings is 1. The number of anilines is 1. The molecule has 2 rings (SSSR count). The molecule has 0 aliphatic heterocycles. The summed E-state index contributed by atoms with van der Waals surface area (Å²) in [6.45, 7) is 0. The van der Waals surface area contributed by atoms with E-state index < -0.39 is 0 Å². The highest BCUT2D eigenvalue weighted by Gasteiger charge is 2.06. The molecule has 0 bridgehead atoms. The zero-order chi connectivity index (χ0) is 13.0. The van der Waals surface area contributed by atoms with Crippen LogP contribution in [0.25, 0.3) is 0 Å². The smallest absolute Gasteiger partial charge is 0.257 e. The molecular formula is C13H8ClN3O. The summed E-state index contributed by atoms with van der Waals surface area (Å²) in [5.41, 5.74) is 1.26. The lowest BCUT2D eigenvalue weighted by molar-refractivity contribution is 0.102. The van der Waals surface area contributed by atoms with Crippen molar-refractivity contribution in [1.29, 1.82) is 5.26 Å². The molecule has 88 valence electrons. The molecule has 0 aliphatic rings. The Labute approximate surface area is 109 Å². The van der Waals surface area contributed by atoms with Gasteiger partial charge in [0.25, 0.3) is 5.91 Å². The van der Waals surface area contributed by atoms with Crippen molar-refractivity contribution in [3.8, 4) is 6.07 Å². The summed E-state index contributed by atoms with van der Waals surface area (Å²) in [5.74, 6) is -0.297. The zero-order valence-corrected chi connectivity index (χ0v) is 9.98. The molecule has 2 aromatic rings. The van der Waals surface area contributed by atoms with Gasteiger partial charge in [0, 0.05) is 16.9 Å². The quantitative estimate of drug-likeness (QED) is 0.900. The van der Waals surface area contributed by atoms with E-state index >= 15 is 0 Å². The van der Waals surface area contributed by atoms with Crippen molar-refractivity contribution in [2.75, 3.05) is 5.32 Å². The summed E-state index contributed by atoms with van der Waals surface area (Å²) in [6, 6.07) is 11.8. The molecule has 0 fully saturated rings. The third-order valence-electron chi connectivity index (χ3n) is 2.22. The van der Waals surface area contributed by atoms with Crippen LogP contribution in [0.4, 0.5) is 5.69 Å². The molecule has 0 unspecified atom stereocenters. The van der Waals surface area contributed by atoms with E-state index in [2.05, 4.69) is 10.3 Å². The largest absolute Gasteiger partial charge is 0.322 e. The molecule has 4 nitrogen and oxygen atoms in total. The number of nitrogens with zero attached hydrogens (tertiary/aromatic N) is 2. The standard InChI is InChI=1S/C13H8ClN3O/c14-10-2-1-3-11(6-10)17-13(18)9-4-5-12(7-15)16-8-9/h1-6,8H,(H,17,18). The highest BCUT2D eigenvalue weighted by atomic mass is 35.5. The number of hydrogen-bond donors (Lipinski definition) is 1. The molecule has 0 radical (unpaired) electrons. The number of carbonyl (C=O) groups is 1. The van der Waals surface area contributed by atoms with Crippen LogP contribution in [-0.4, -0.2) is 10.9 Å². The van der Waals surface area contributed by atoms with E-state index in [0.29, 0.717) is 16.3 Å². The number of pyridine rings is 1. The number of hydrogen-bond acceptors (Lipinski definition) is 3. The van der Waals surface area contributed by atoms with Crippen LogP contribution in [0, 0.1) is 11.3 Å². The van der Waals surface area contributed by atoms with Crippen molar-refractivity contribution in [3.05, 3.63) is 58.9 Å². The predicted molar refractivity (Wildman–Crippen MR) is 68.4 cm³/mol. The summed E-state index contributed by atoms with van der Waals surface area (Å²) in [7, 11) is 0. The van der Waals surface area contributed by atoms with Crippen molar-refractivity contribution in [3.63, 3.8) is 0 Å². The molecule has 0 aliphatic carbocycles. The van der Waals surface area contributed by atoms with E-state index in [9.17, 15) is 4.79 Å². The van der Waals surface area contributed by atoms with Gasteiger partial charge in [-0.15, -0.1) is 0 Å². The molecular weight excluding hydrogens is 250 g/mol. The summed E-state index contributed by atoms with van der Waals surface area (Å²) in [4.78, 5) is 15.7. The maximum absolute atomic E-state index is 11.8. The van der Waals surface area contributed by atoms with Gasteiger partial charge < -0.3 is 5.32 Å². The fourth-order valence-corrected chi connectivity index (χ4v) is 1.55. The first-order valence-corrected chi connectivity index (χ1v) is 5.50. The Bertz CT molecular complexity index is 617. The van der Waals surface area contributed by atoms with E-state index in [1.165, 1.54) is 12.3 Å². The van der Waals surface area contributed by atoms with E-state index in [0.717, 1.165) is 0 Å². The minimum absolute atomic E-state index is 0.273. The van der Waals surface area contributed by atoms with Crippen molar-refractivity contribution >= 4 is 23.2 Å². The zero-order valence-electron chi connectivity index (χ0n) is 9.22. The molecule has 0 saturated heterocycles. The van der Waals surface area contributed by atoms with Gasteiger partial charge in [-0.3, -0.25) is 4.79 Å². The second-order valence-corrected chi connectivity index (χ2v) is 3.94. The third kappa shape index (κ3) is 2.84. The van der Waals surface area contributed by atoms with Crippen LogP contribution < -0.4 is 5.32 Å². The number of carbonyl (C=O) groups excluding carboxylic acids is 1. The van der Waals surface area contributed by atoms with E-state index in [1.807, 2.05) is 6.07 Å². The number of nitriles is 1. The molecule has 1 heterocycles. The highest BCUT2D eigenvalue weighted by Crippen LogP contribution is 2.15. The molecule has 5 heteroatoms. The Balaban J connectivity index is 2.14. The fraction of sp³-hybridized carbons (Fsp3) is 0. The molecule has 1 aromatic heterocycles. The number of nitrogens with one attached hydrogen (secondary N) is 1. The topological polar surface area (TPSA) is 65.8 Å². The first kappa shape index (κ1) is 12.1. The van der Waals surface area contributed by atoms with Crippen LogP contribution in [0.1, 0.15) is 16.1 Å². The van der Waals surface area contributed by atoms with Crippen LogP contribution in [0.15, 0.2) is 42.6 Å². The van der Waals surface area contributed by atoms with Gasteiger partial charge >= 0.3 is 0 Å². The number of rotatable bonds is 2. The van der Waals surface area contributed by atoms with Crippen molar-refractivity contribution in [1.82, 2.24) is 4.98 Å². The van der Waals surface area contributed by atoms with E-state index in [1.54, 1.807) is 30.3 Å². The van der Waals surface area contributed by atoms with Gasteiger partial charge in [-0.25, -0.2) is 4.98 Å². The summed E-state index contributed by atoms with van der Waals surface area (Å²) < 4.78 is 0. The fourth-order valence-electron chi connectivity index (χ4n) is 1.36. The van der Waals surface area contributed by atoms with Crippen molar-refractivity contribution in [2.45, 2.75) is 0 Å². The molecule has 0 saturated carbocycles. The summed E-state index contributed by atoms with van der Waals surface area (Å²) in [5, 5.41) is 11.8. The van der Waals surface area contributed by atoms with E-state index in [-0.39, 0.29) is 11.6 Å². The first-order chi connectivity index (χ1) is 8.69. The van der Waals surface area contributed by atoms with Crippen LogP contribution in [0.3, 0.4) is 0 Å². The number of aromatic nitrogens is 1. The second kappa shape index (κ2) is 5.30. The minimum Gasteiger partial charge on any atom is -0.322 e. The maximum atomic E-state index is 11.8. The second-order valence-electron chi connectivity index (χ2n) is 3.51.